The Hall–Kier alpha value is -1.01. The summed E-state index contributed by atoms with van der Waals surface area (Å²) in [6, 6.07) is 4.68. The molecule has 0 aliphatic carbocycles. The quantitative estimate of drug-likeness (QED) is 0.772. The van der Waals surface area contributed by atoms with Crippen LogP contribution in [0.5, 0.6) is 11.6 Å². The number of pyridine rings is 1. The second kappa shape index (κ2) is 5.10. The van der Waals surface area contributed by atoms with Crippen molar-refractivity contribution in [2.24, 2.45) is 0 Å². The van der Waals surface area contributed by atoms with Gasteiger partial charge in [-0.2, -0.15) is 0 Å². The molecule has 0 aliphatic rings. The van der Waals surface area contributed by atoms with Crippen molar-refractivity contribution in [3.63, 3.8) is 0 Å². The Kier molecular flexibility index (Phi) is 3.73. The van der Waals surface area contributed by atoms with Gasteiger partial charge in [-0.15, -0.1) is 0 Å². The van der Waals surface area contributed by atoms with Gasteiger partial charge in [0.05, 0.1) is 4.47 Å². The van der Waals surface area contributed by atoms with Crippen LogP contribution in [-0.4, -0.2) is 4.98 Å². The van der Waals surface area contributed by atoms with E-state index >= 15 is 0 Å². The Balaban J connectivity index is 2.34. The van der Waals surface area contributed by atoms with Gasteiger partial charge < -0.3 is 4.74 Å². The first-order valence-corrected chi connectivity index (χ1v) is 6.09. The molecule has 0 aliphatic heterocycles. The Morgan fingerprint density at radius 1 is 1.12 bits per heavy atom. The zero-order valence-electron chi connectivity index (χ0n) is 8.25. The summed E-state index contributed by atoms with van der Waals surface area (Å²) in [6.07, 6.45) is 1.50. The molecule has 0 bridgehead atoms. The van der Waals surface area contributed by atoms with Crippen molar-refractivity contribution in [3.05, 3.63) is 51.0 Å². The van der Waals surface area contributed by atoms with Crippen LogP contribution >= 0.6 is 31.9 Å². The number of ether oxygens (including phenoxy) is 1. The maximum atomic E-state index is 13.3. The fourth-order valence-electron chi connectivity index (χ4n) is 1.14. The number of benzene rings is 1. The van der Waals surface area contributed by atoms with Crippen LogP contribution in [0, 0.1) is 11.6 Å². The molecular formula is C11H5Br2F2NO. The van der Waals surface area contributed by atoms with Crippen molar-refractivity contribution < 1.29 is 13.5 Å². The molecule has 17 heavy (non-hydrogen) atoms. The third kappa shape index (κ3) is 3.01. The molecule has 0 saturated heterocycles. The molecule has 2 nitrogen and oxygen atoms in total. The van der Waals surface area contributed by atoms with Crippen LogP contribution in [0.25, 0.3) is 0 Å². The normalized spacial score (nSPS) is 10.4. The molecule has 0 fully saturated rings. The van der Waals surface area contributed by atoms with Gasteiger partial charge in [-0.25, -0.2) is 13.8 Å². The maximum Gasteiger partial charge on any atom is 0.233 e. The standard InChI is InChI=1S/C11H5Br2F2NO/c12-6-3-8(13)11(16-5-6)17-10-4-7(14)1-2-9(10)15/h1-5H. The van der Waals surface area contributed by atoms with Crippen LogP contribution in [-0.2, 0) is 0 Å². The minimum Gasteiger partial charge on any atom is -0.435 e. The predicted molar refractivity (Wildman–Crippen MR) is 66.1 cm³/mol. The lowest BCUT2D eigenvalue weighted by Crippen LogP contribution is -1.92. The summed E-state index contributed by atoms with van der Waals surface area (Å²) in [5, 5.41) is 0. The van der Waals surface area contributed by atoms with Crippen molar-refractivity contribution in [2.75, 3.05) is 0 Å². The topological polar surface area (TPSA) is 22.1 Å². The van der Waals surface area contributed by atoms with E-state index in [4.69, 9.17) is 4.74 Å². The highest BCUT2D eigenvalue weighted by Crippen LogP contribution is 2.31. The van der Waals surface area contributed by atoms with Gasteiger partial charge in [0.15, 0.2) is 11.6 Å². The molecule has 0 amide bonds. The minimum atomic E-state index is -0.650. The SMILES string of the molecule is Fc1ccc(F)c(Oc2ncc(Br)cc2Br)c1. The van der Waals surface area contributed by atoms with Crippen LogP contribution in [0.2, 0.25) is 0 Å². The molecule has 0 spiro atoms. The van der Waals surface area contributed by atoms with Crippen molar-refractivity contribution in [3.8, 4) is 11.6 Å². The van der Waals surface area contributed by atoms with Crippen molar-refractivity contribution in [1.29, 1.82) is 0 Å². The van der Waals surface area contributed by atoms with Crippen LogP contribution in [0.1, 0.15) is 0 Å². The van der Waals surface area contributed by atoms with Crippen LogP contribution < -0.4 is 4.74 Å². The molecule has 0 saturated carbocycles. The first-order valence-electron chi connectivity index (χ1n) is 4.50. The highest BCUT2D eigenvalue weighted by atomic mass is 79.9. The lowest BCUT2D eigenvalue weighted by atomic mass is 10.3. The average molecular weight is 365 g/mol. The van der Waals surface area contributed by atoms with Gasteiger partial charge in [0.2, 0.25) is 5.88 Å². The van der Waals surface area contributed by atoms with E-state index in [1.54, 1.807) is 6.07 Å². The summed E-state index contributed by atoms with van der Waals surface area (Å²) < 4.78 is 32.7. The number of hydrogen-bond donors (Lipinski definition) is 0. The third-order valence-corrected chi connectivity index (χ3v) is 2.88. The van der Waals surface area contributed by atoms with Crippen molar-refractivity contribution >= 4 is 31.9 Å². The summed E-state index contributed by atoms with van der Waals surface area (Å²) in [5.74, 6) is -1.27. The lowest BCUT2D eigenvalue weighted by Gasteiger charge is -2.07. The Morgan fingerprint density at radius 2 is 1.88 bits per heavy atom. The van der Waals surface area contributed by atoms with Gasteiger partial charge in [-0.3, -0.25) is 0 Å². The summed E-state index contributed by atoms with van der Waals surface area (Å²) in [5.41, 5.74) is 0. The monoisotopic (exact) mass is 363 g/mol. The Morgan fingerprint density at radius 3 is 2.59 bits per heavy atom. The smallest absolute Gasteiger partial charge is 0.233 e. The molecule has 0 radical (unpaired) electrons. The van der Waals surface area contributed by atoms with E-state index in [1.807, 2.05) is 0 Å². The van der Waals surface area contributed by atoms with Gasteiger partial charge in [-0.1, -0.05) is 0 Å². The van der Waals surface area contributed by atoms with Crippen LogP contribution in [0.15, 0.2) is 39.4 Å². The van der Waals surface area contributed by atoms with Gasteiger partial charge in [-0.05, 0) is 50.1 Å². The summed E-state index contributed by atoms with van der Waals surface area (Å²) >= 11 is 6.44. The lowest BCUT2D eigenvalue weighted by molar-refractivity contribution is 0.420. The molecule has 6 heteroatoms. The molecule has 1 aromatic heterocycles. The van der Waals surface area contributed by atoms with E-state index in [9.17, 15) is 8.78 Å². The van der Waals surface area contributed by atoms with Gasteiger partial charge in [0, 0.05) is 16.7 Å². The molecule has 1 heterocycles. The molecule has 0 atom stereocenters. The number of nitrogens with zero attached hydrogens (tertiary/aromatic N) is 1. The number of halogens is 4. The summed E-state index contributed by atoms with van der Waals surface area (Å²) in [6.45, 7) is 0. The largest absolute Gasteiger partial charge is 0.435 e. The van der Waals surface area contributed by atoms with Gasteiger partial charge in [0.25, 0.3) is 0 Å². The van der Waals surface area contributed by atoms with Crippen LogP contribution in [0.3, 0.4) is 0 Å². The van der Waals surface area contributed by atoms with E-state index in [0.29, 0.717) is 4.47 Å². The second-order valence-electron chi connectivity index (χ2n) is 3.12. The van der Waals surface area contributed by atoms with E-state index in [1.165, 1.54) is 6.20 Å². The molecule has 2 rings (SSSR count). The average Bonchev–Trinajstić information content (AvgIpc) is 2.27. The van der Waals surface area contributed by atoms with Crippen molar-refractivity contribution in [2.45, 2.75) is 0 Å². The molecule has 0 unspecified atom stereocenters. The number of rotatable bonds is 2. The van der Waals surface area contributed by atoms with E-state index in [-0.39, 0.29) is 11.6 Å². The molecule has 1 aromatic carbocycles. The Labute approximate surface area is 113 Å². The summed E-state index contributed by atoms with van der Waals surface area (Å²) in [4.78, 5) is 3.94. The van der Waals surface area contributed by atoms with Crippen LogP contribution in [0.4, 0.5) is 8.78 Å². The maximum absolute atomic E-state index is 13.3. The first kappa shape index (κ1) is 12.4. The molecule has 0 N–H and O–H groups in total. The molecule has 2 aromatic rings. The second-order valence-corrected chi connectivity index (χ2v) is 4.89. The fourth-order valence-corrected chi connectivity index (χ4v) is 2.21. The first-order chi connectivity index (χ1) is 8.06. The highest BCUT2D eigenvalue weighted by molar-refractivity contribution is 9.11. The number of hydrogen-bond acceptors (Lipinski definition) is 2. The van der Waals surface area contributed by atoms with E-state index in [2.05, 4.69) is 36.8 Å². The predicted octanol–water partition coefficient (Wildman–Crippen LogP) is 4.68. The van der Waals surface area contributed by atoms with Gasteiger partial charge in [0.1, 0.15) is 5.82 Å². The fraction of sp³-hybridized carbons (Fsp3) is 0. The third-order valence-electron chi connectivity index (χ3n) is 1.87. The molecular weight excluding hydrogens is 360 g/mol. The molecule has 88 valence electrons. The Bertz CT molecular complexity index is 563. The highest BCUT2D eigenvalue weighted by Gasteiger charge is 2.10. The van der Waals surface area contributed by atoms with Crippen molar-refractivity contribution in [1.82, 2.24) is 4.98 Å². The summed E-state index contributed by atoms with van der Waals surface area (Å²) in [7, 11) is 0. The van der Waals surface area contributed by atoms with E-state index in [0.717, 1.165) is 22.7 Å². The number of aromatic nitrogens is 1. The van der Waals surface area contributed by atoms with E-state index < -0.39 is 11.6 Å². The minimum absolute atomic E-state index is 0.165. The van der Waals surface area contributed by atoms with Gasteiger partial charge >= 0.3 is 0 Å². The zero-order chi connectivity index (χ0) is 12.4. The zero-order valence-corrected chi connectivity index (χ0v) is 11.4.